The summed E-state index contributed by atoms with van der Waals surface area (Å²) < 4.78 is 5.45. The molecular formula is C14H21N3O. The van der Waals surface area contributed by atoms with Crippen LogP contribution in [0.5, 0.6) is 0 Å². The van der Waals surface area contributed by atoms with E-state index >= 15 is 0 Å². The highest BCUT2D eigenvalue weighted by atomic mass is 16.3. The number of benzene rings is 1. The Morgan fingerprint density at radius 1 is 1.44 bits per heavy atom. The minimum absolute atomic E-state index is 0.293. The van der Waals surface area contributed by atoms with E-state index in [1.807, 2.05) is 19.9 Å². The van der Waals surface area contributed by atoms with Crippen LogP contribution in [0.1, 0.15) is 31.2 Å². The molecule has 0 aliphatic heterocycles. The lowest BCUT2D eigenvalue weighted by atomic mass is 10.2. The number of hydrogen-bond donors (Lipinski definition) is 2. The van der Waals surface area contributed by atoms with Gasteiger partial charge in [-0.3, -0.25) is 0 Å². The Balaban J connectivity index is 1.84. The monoisotopic (exact) mass is 247 g/mol. The predicted molar refractivity (Wildman–Crippen MR) is 73.3 cm³/mol. The first-order valence-corrected chi connectivity index (χ1v) is 6.47. The molecule has 0 amide bonds. The second-order valence-electron chi connectivity index (χ2n) is 4.83. The van der Waals surface area contributed by atoms with Crippen molar-refractivity contribution in [3.05, 3.63) is 29.7 Å². The molecule has 0 aliphatic carbocycles. The fourth-order valence-corrected chi connectivity index (χ4v) is 1.98. The molecule has 2 rings (SSSR count). The van der Waals surface area contributed by atoms with E-state index in [1.165, 1.54) is 5.56 Å². The summed E-state index contributed by atoms with van der Waals surface area (Å²) in [4.78, 5) is 4.33. The number of oxazole rings is 1. The lowest BCUT2D eigenvalue weighted by Crippen LogP contribution is -2.19. The van der Waals surface area contributed by atoms with Crippen molar-refractivity contribution in [2.24, 2.45) is 5.73 Å². The molecule has 0 aliphatic rings. The van der Waals surface area contributed by atoms with Crippen LogP contribution in [0.25, 0.3) is 11.1 Å². The molecule has 0 radical (unpaired) electrons. The summed E-state index contributed by atoms with van der Waals surface area (Å²) in [6.45, 7) is 5.77. The standard InChI is InChI=1S/C14H21N3O/c1-10(15)4-3-7-16-9-12-5-6-14-13(8-12)17-11(2)18-14/h5-6,8,10,16H,3-4,7,9,15H2,1-2H3. The summed E-state index contributed by atoms with van der Waals surface area (Å²) in [5, 5.41) is 3.41. The maximum absolute atomic E-state index is 5.70. The highest BCUT2D eigenvalue weighted by molar-refractivity contribution is 5.73. The van der Waals surface area contributed by atoms with Gasteiger partial charge in [0.1, 0.15) is 5.52 Å². The van der Waals surface area contributed by atoms with Crippen molar-refractivity contribution >= 4 is 11.1 Å². The molecule has 0 spiro atoms. The van der Waals surface area contributed by atoms with Gasteiger partial charge in [-0.2, -0.15) is 0 Å². The Kier molecular flexibility index (Phi) is 4.33. The number of nitrogens with two attached hydrogens (primary N) is 1. The van der Waals surface area contributed by atoms with Gasteiger partial charge in [0.15, 0.2) is 11.5 Å². The van der Waals surface area contributed by atoms with E-state index in [-0.39, 0.29) is 0 Å². The number of aromatic nitrogens is 1. The highest BCUT2D eigenvalue weighted by Crippen LogP contribution is 2.16. The molecule has 3 N–H and O–H groups in total. The third-order valence-electron chi connectivity index (χ3n) is 2.90. The first-order valence-electron chi connectivity index (χ1n) is 6.47. The Bertz CT molecular complexity index is 505. The number of hydrogen-bond acceptors (Lipinski definition) is 4. The maximum Gasteiger partial charge on any atom is 0.192 e. The topological polar surface area (TPSA) is 64.1 Å². The van der Waals surface area contributed by atoms with Crippen molar-refractivity contribution < 1.29 is 4.42 Å². The lowest BCUT2D eigenvalue weighted by molar-refractivity contribution is 0.560. The SMILES string of the molecule is Cc1nc2cc(CNCCCC(C)N)ccc2o1. The van der Waals surface area contributed by atoms with Gasteiger partial charge in [-0.05, 0) is 44.0 Å². The third-order valence-corrected chi connectivity index (χ3v) is 2.90. The highest BCUT2D eigenvalue weighted by Gasteiger charge is 2.02. The zero-order chi connectivity index (χ0) is 13.0. The number of aryl methyl sites for hydroxylation is 1. The van der Waals surface area contributed by atoms with Gasteiger partial charge in [0.25, 0.3) is 0 Å². The van der Waals surface area contributed by atoms with Crippen molar-refractivity contribution in [1.82, 2.24) is 10.3 Å². The largest absolute Gasteiger partial charge is 0.441 e. The van der Waals surface area contributed by atoms with Gasteiger partial charge in [-0.1, -0.05) is 6.07 Å². The minimum atomic E-state index is 0.293. The fraction of sp³-hybridized carbons (Fsp3) is 0.500. The van der Waals surface area contributed by atoms with Gasteiger partial charge in [-0.15, -0.1) is 0 Å². The molecule has 0 fully saturated rings. The maximum atomic E-state index is 5.70. The van der Waals surface area contributed by atoms with E-state index < -0.39 is 0 Å². The minimum Gasteiger partial charge on any atom is -0.441 e. The van der Waals surface area contributed by atoms with Gasteiger partial charge < -0.3 is 15.5 Å². The molecule has 1 heterocycles. The second kappa shape index (κ2) is 5.98. The molecule has 2 aromatic rings. The normalized spacial score (nSPS) is 13.1. The number of nitrogens with one attached hydrogen (secondary N) is 1. The predicted octanol–water partition coefficient (Wildman–Crippen LogP) is 2.35. The van der Waals surface area contributed by atoms with Crippen LogP contribution in [0.3, 0.4) is 0 Å². The molecule has 0 saturated carbocycles. The van der Waals surface area contributed by atoms with Crippen LogP contribution in [-0.2, 0) is 6.54 Å². The smallest absolute Gasteiger partial charge is 0.192 e. The van der Waals surface area contributed by atoms with Gasteiger partial charge in [0.05, 0.1) is 0 Å². The zero-order valence-electron chi connectivity index (χ0n) is 11.1. The first-order chi connectivity index (χ1) is 8.65. The van der Waals surface area contributed by atoms with E-state index in [0.717, 1.165) is 37.0 Å². The first kappa shape index (κ1) is 13.1. The second-order valence-corrected chi connectivity index (χ2v) is 4.83. The molecule has 4 heteroatoms. The summed E-state index contributed by atoms with van der Waals surface area (Å²) >= 11 is 0. The quantitative estimate of drug-likeness (QED) is 0.769. The average Bonchev–Trinajstić information content (AvgIpc) is 2.67. The van der Waals surface area contributed by atoms with Crippen LogP contribution in [0.15, 0.2) is 22.6 Å². The van der Waals surface area contributed by atoms with E-state index in [1.54, 1.807) is 0 Å². The lowest BCUT2D eigenvalue weighted by Gasteiger charge is -2.06. The molecule has 98 valence electrons. The zero-order valence-corrected chi connectivity index (χ0v) is 11.1. The number of nitrogens with zero attached hydrogens (tertiary/aromatic N) is 1. The van der Waals surface area contributed by atoms with Crippen molar-refractivity contribution in [2.45, 2.75) is 39.3 Å². The van der Waals surface area contributed by atoms with E-state index in [9.17, 15) is 0 Å². The van der Waals surface area contributed by atoms with Crippen LogP contribution in [-0.4, -0.2) is 17.6 Å². The molecule has 1 aromatic carbocycles. The number of rotatable bonds is 6. The van der Waals surface area contributed by atoms with Crippen LogP contribution in [0.4, 0.5) is 0 Å². The van der Waals surface area contributed by atoms with E-state index in [4.69, 9.17) is 10.2 Å². The van der Waals surface area contributed by atoms with Crippen molar-refractivity contribution in [3.8, 4) is 0 Å². The van der Waals surface area contributed by atoms with Crippen LogP contribution >= 0.6 is 0 Å². The molecular weight excluding hydrogens is 226 g/mol. The Morgan fingerprint density at radius 3 is 3.06 bits per heavy atom. The van der Waals surface area contributed by atoms with Gasteiger partial charge >= 0.3 is 0 Å². The summed E-state index contributed by atoms with van der Waals surface area (Å²) in [7, 11) is 0. The van der Waals surface area contributed by atoms with Gasteiger partial charge in [-0.25, -0.2) is 4.98 Å². The van der Waals surface area contributed by atoms with Crippen molar-refractivity contribution in [2.75, 3.05) is 6.54 Å². The van der Waals surface area contributed by atoms with Crippen LogP contribution in [0, 0.1) is 6.92 Å². The fourth-order valence-electron chi connectivity index (χ4n) is 1.98. The third kappa shape index (κ3) is 3.55. The Labute approximate surface area is 108 Å². The van der Waals surface area contributed by atoms with Gasteiger partial charge in [0, 0.05) is 19.5 Å². The number of fused-ring (bicyclic) bond motifs is 1. The van der Waals surface area contributed by atoms with Crippen molar-refractivity contribution in [3.63, 3.8) is 0 Å². The van der Waals surface area contributed by atoms with E-state index in [2.05, 4.69) is 22.4 Å². The Morgan fingerprint density at radius 2 is 2.28 bits per heavy atom. The van der Waals surface area contributed by atoms with Crippen LogP contribution in [0.2, 0.25) is 0 Å². The van der Waals surface area contributed by atoms with Crippen molar-refractivity contribution in [1.29, 1.82) is 0 Å². The molecule has 0 bridgehead atoms. The molecule has 4 nitrogen and oxygen atoms in total. The summed E-state index contributed by atoms with van der Waals surface area (Å²) in [6, 6.07) is 6.42. The molecule has 1 unspecified atom stereocenters. The average molecular weight is 247 g/mol. The van der Waals surface area contributed by atoms with Gasteiger partial charge in [0.2, 0.25) is 0 Å². The van der Waals surface area contributed by atoms with E-state index in [0.29, 0.717) is 11.9 Å². The summed E-state index contributed by atoms with van der Waals surface area (Å²) in [5.41, 5.74) is 8.72. The summed E-state index contributed by atoms with van der Waals surface area (Å²) in [6.07, 6.45) is 2.18. The Hall–Kier alpha value is -1.39. The molecule has 0 saturated heterocycles. The molecule has 1 atom stereocenters. The van der Waals surface area contributed by atoms with Crippen LogP contribution < -0.4 is 11.1 Å². The summed E-state index contributed by atoms with van der Waals surface area (Å²) in [5.74, 6) is 0.715. The molecule has 1 aromatic heterocycles. The molecule has 18 heavy (non-hydrogen) atoms.